The van der Waals surface area contributed by atoms with E-state index < -0.39 is 0 Å². The summed E-state index contributed by atoms with van der Waals surface area (Å²) in [5.74, 6) is 1.06. The Labute approximate surface area is 117 Å². The first-order valence-electron chi connectivity index (χ1n) is 7.85. The summed E-state index contributed by atoms with van der Waals surface area (Å²) in [5, 5.41) is 3.43. The van der Waals surface area contributed by atoms with Crippen LogP contribution in [0.4, 0.5) is 0 Å². The van der Waals surface area contributed by atoms with Crippen LogP contribution in [-0.2, 0) is 12.8 Å². The van der Waals surface area contributed by atoms with E-state index in [9.17, 15) is 0 Å². The zero-order chi connectivity index (χ0) is 13.3. The highest BCUT2D eigenvalue weighted by atomic mass is 16.5. The van der Waals surface area contributed by atoms with Crippen LogP contribution in [0.5, 0.6) is 5.75 Å². The Morgan fingerprint density at radius 2 is 1.95 bits per heavy atom. The third-order valence-electron chi connectivity index (χ3n) is 3.76. The van der Waals surface area contributed by atoms with Gasteiger partial charge < -0.3 is 10.1 Å². The third kappa shape index (κ3) is 4.87. The van der Waals surface area contributed by atoms with Gasteiger partial charge in [0.15, 0.2) is 0 Å². The van der Waals surface area contributed by atoms with Crippen LogP contribution < -0.4 is 10.1 Å². The summed E-state index contributed by atoms with van der Waals surface area (Å²) in [6, 6.07) is 6.62. The van der Waals surface area contributed by atoms with Crippen molar-refractivity contribution in [3.63, 3.8) is 0 Å². The number of rotatable bonds is 9. The van der Waals surface area contributed by atoms with Gasteiger partial charge in [-0.15, -0.1) is 0 Å². The van der Waals surface area contributed by atoms with Crippen LogP contribution in [0.2, 0.25) is 0 Å². The van der Waals surface area contributed by atoms with Gasteiger partial charge in [0, 0.05) is 0 Å². The summed E-state index contributed by atoms with van der Waals surface area (Å²) in [7, 11) is 0. The Hall–Kier alpha value is -1.02. The summed E-state index contributed by atoms with van der Waals surface area (Å²) in [6.45, 7) is 5.35. The molecular formula is C17H27NO. The van der Waals surface area contributed by atoms with Crippen LogP contribution in [-0.4, -0.2) is 19.7 Å². The molecule has 2 heteroatoms. The molecule has 0 unspecified atom stereocenters. The van der Waals surface area contributed by atoms with Gasteiger partial charge in [0.2, 0.25) is 0 Å². The van der Waals surface area contributed by atoms with Crippen molar-refractivity contribution >= 4 is 0 Å². The molecule has 0 spiro atoms. The lowest BCUT2D eigenvalue weighted by molar-refractivity contribution is 0.304. The van der Waals surface area contributed by atoms with Crippen molar-refractivity contribution in [1.82, 2.24) is 5.32 Å². The molecule has 1 aromatic rings. The zero-order valence-corrected chi connectivity index (χ0v) is 12.2. The van der Waals surface area contributed by atoms with Gasteiger partial charge in [-0.25, -0.2) is 0 Å². The van der Waals surface area contributed by atoms with E-state index in [1.807, 2.05) is 0 Å². The maximum atomic E-state index is 5.84. The molecule has 2 nitrogen and oxygen atoms in total. The van der Waals surface area contributed by atoms with E-state index >= 15 is 0 Å². The van der Waals surface area contributed by atoms with E-state index in [0.717, 1.165) is 31.9 Å². The average molecular weight is 261 g/mol. The minimum atomic E-state index is 0.854. The first kappa shape index (κ1) is 14.4. The lowest BCUT2D eigenvalue weighted by Crippen LogP contribution is -2.15. The molecule has 1 aromatic carbocycles. The Morgan fingerprint density at radius 1 is 1.05 bits per heavy atom. The monoisotopic (exact) mass is 261 g/mol. The Kier molecular flexibility index (Phi) is 6.22. The maximum absolute atomic E-state index is 5.84. The molecule has 2 rings (SSSR count). The predicted octanol–water partition coefficient (Wildman–Crippen LogP) is 3.72. The standard InChI is InChI=1S/C17H27NO/c1-2-11-18-12-4-3-5-13-19-17-10-9-15-7-6-8-16(15)14-17/h9-10,14,18H,2-8,11-13H2,1H3. The fourth-order valence-corrected chi connectivity index (χ4v) is 2.66. The van der Waals surface area contributed by atoms with E-state index in [-0.39, 0.29) is 0 Å². The molecule has 19 heavy (non-hydrogen) atoms. The zero-order valence-electron chi connectivity index (χ0n) is 12.2. The van der Waals surface area contributed by atoms with Crippen molar-refractivity contribution in [2.45, 2.75) is 51.9 Å². The van der Waals surface area contributed by atoms with Gasteiger partial charge in [0.05, 0.1) is 6.61 Å². The summed E-state index contributed by atoms with van der Waals surface area (Å²) in [4.78, 5) is 0. The van der Waals surface area contributed by atoms with Crippen LogP contribution in [0.1, 0.15) is 50.2 Å². The van der Waals surface area contributed by atoms with Crippen LogP contribution in [0, 0.1) is 0 Å². The van der Waals surface area contributed by atoms with E-state index in [1.54, 1.807) is 0 Å². The first-order chi connectivity index (χ1) is 9.40. The molecule has 0 fully saturated rings. The number of aryl methyl sites for hydroxylation is 2. The number of benzene rings is 1. The van der Waals surface area contributed by atoms with Gasteiger partial charge in [-0.3, -0.25) is 0 Å². The third-order valence-corrected chi connectivity index (χ3v) is 3.76. The predicted molar refractivity (Wildman–Crippen MR) is 81.0 cm³/mol. The van der Waals surface area contributed by atoms with Gasteiger partial charge in [0.1, 0.15) is 5.75 Å². The first-order valence-corrected chi connectivity index (χ1v) is 7.85. The second-order valence-corrected chi connectivity index (χ2v) is 5.44. The minimum absolute atomic E-state index is 0.854. The van der Waals surface area contributed by atoms with Crippen molar-refractivity contribution < 1.29 is 4.74 Å². The molecule has 0 saturated carbocycles. The smallest absolute Gasteiger partial charge is 0.119 e. The molecule has 0 amide bonds. The number of nitrogens with one attached hydrogen (secondary N) is 1. The van der Waals surface area contributed by atoms with Gasteiger partial charge in [0.25, 0.3) is 0 Å². The van der Waals surface area contributed by atoms with Gasteiger partial charge in [-0.2, -0.15) is 0 Å². The second kappa shape index (κ2) is 8.21. The Balaban J connectivity index is 1.56. The molecule has 1 N–H and O–H groups in total. The largest absolute Gasteiger partial charge is 0.494 e. The van der Waals surface area contributed by atoms with Crippen molar-refractivity contribution in [1.29, 1.82) is 0 Å². The van der Waals surface area contributed by atoms with Crippen molar-refractivity contribution in [2.24, 2.45) is 0 Å². The summed E-state index contributed by atoms with van der Waals surface area (Å²) >= 11 is 0. The number of hydrogen-bond acceptors (Lipinski definition) is 2. The number of unbranched alkanes of at least 4 members (excludes halogenated alkanes) is 2. The molecule has 0 bridgehead atoms. The summed E-state index contributed by atoms with van der Waals surface area (Å²) in [5.41, 5.74) is 3.02. The lowest BCUT2D eigenvalue weighted by Gasteiger charge is -2.08. The van der Waals surface area contributed by atoms with Gasteiger partial charge >= 0.3 is 0 Å². The molecule has 0 aromatic heterocycles. The Morgan fingerprint density at radius 3 is 2.84 bits per heavy atom. The van der Waals surface area contributed by atoms with E-state index in [4.69, 9.17) is 4.74 Å². The average Bonchev–Trinajstić information content (AvgIpc) is 2.89. The summed E-state index contributed by atoms with van der Waals surface area (Å²) < 4.78 is 5.84. The number of hydrogen-bond donors (Lipinski definition) is 1. The van der Waals surface area contributed by atoms with Crippen LogP contribution in [0.25, 0.3) is 0 Å². The normalized spacial score (nSPS) is 13.5. The molecule has 106 valence electrons. The van der Waals surface area contributed by atoms with Crippen molar-refractivity contribution in [3.05, 3.63) is 29.3 Å². The molecule has 0 radical (unpaired) electrons. The highest BCUT2D eigenvalue weighted by Gasteiger charge is 2.10. The second-order valence-electron chi connectivity index (χ2n) is 5.44. The fraction of sp³-hybridized carbons (Fsp3) is 0.647. The topological polar surface area (TPSA) is 21.3 Å². The molecule has 1 aliphatic rings. The Bertz CT molecular complexity index is 376. The maximum Gasteiger partial charge on any atom is 0.119 e. The highest BCUT2D eigenvalue weighted by Crippen LogP contribution is 2.26. The van der Waals surface area contributed by atoms with Crippen LogP contribution >= 0.6 is 0 Å². The number of ether oxygens (including phenoxy) is 1. The minimum Gasteiger partial charge on any atom is -0.494 e. The molecule has 1 aliphatic carbocycles. The molecule has 0 heterocycles. The van der Waals surface area contributed by atoms with Crippen molar-refractivity contribution in [3.8, 4) is 5.75 Å². The number of fused-ring (bicyclic) bond motifs is 1. The summed E-state index contributed by atoms with van der Waals surface area (Å²) in [6.07, 6.45) is 8.68. The molecule has 0 saturated heterocycles. The van der Waals surface area contributed by atoms with Crippen LogP contribution in [0.15, 0.2) is 18.2 Å². The van der Waals surface area contributed by atoms with Gasteiger partial charge in [-0.05, 0) is 81.3 Å². The van der Waals surface area contributed by atoms with E-state index in [1.165, 1.54) is 49.7 Å². The van der Waals surface area contributed by atoms with E-state index in [2.05, 4.69) is 30.4 Å². The highest BCUT2D eigenvalue weighted by molar-refractivity contribution is 5.38. The lowest BCUT2D eigenvalue weighted by atomic mass is 10.1. The van der Waals surface area contributed by atoms with Gasteiger partial charge in [-0.1, -0.05) is 13.0 Å². The fourth-order valence-electron chi connectivity index (χ4n) is 2.66. The quantitative estimate of drug-likeness (QED) is 0.684. The van der Waals surface area contributed by atoms with Crippen LogP contribution in [0.3, 0.4) is 0 Å². The van der Waals surface area contributed by atoms with E-state index in [0.29, 0.717) is 0 Å². The molecule has 0 atom stereocenters. The molecule has 0 aliphatic heterocycles. The van der Waals surface area contributed by atoms with Crippen molar-refractivity contribution in [2.75, 3.05) is 19.7 Å². The molecular weight excluding hydrogens is 234 g/mol. The SMILES string of the molecule is CCCNCCCCCOc1ccc2c(c1)CCC2.